The molecular weight excluding hydrogens is 342 g/mol. The molecule has 0 atom stereocenters. The second kappa shape index (κ2) is 7.85. The van der Waals surface area contributed by atoms with Crippen molar-refractivity contribution in [3.05, 3.63) is 45.4 Å². The first-order valence-electron chi connectivity index (χ1n) is 8.08. The van der Waals surface area contributed by atoms with Crippen LogP contribution in [0.4, 0.5) is 5.69 Å². The maximum absolute atomic E-state index is 6.14. The Morgan fingerprint density at radius 3 is 2.58 bits per heavy atom. The molecule has 1 aliphatic rings. The number of aryl methyl sites for hydroxylation is 1. The van der Waals surface area contributed by atoms with Crippen LogP contribution in [-0.2, 0) is 6.42 Å². The van der Waals surface area contributed by atoms with Crippen LogP contribution in [0.25, 0.3) is 0 Å². The number of anilines is 1. The van der Waals surface area contributed by atoms with Gasteiger partial charge in [-0.25, -0.2) is 4.98 Å². The number of piperazine rings is 1. The summed E-state index contributed by atoms with van der Waals surface area (Å²) in [4.78, 5) is 13.5. The SMILES string of the molecule is Cc1nc(CCN=C(N)N2CCN(c3ccc(Cl)cc3)CC2)cs1. The number of halogens is 1. The molecule has 0 amide bonds. The Labute approximate surface area is 151 Å². The maximum Gasteiger partial charge on any atom is 0.191 e. The number of rotatable bonds is 4. The quantitative estimate of drug-likeness (QED) is 0.670. The third-order valence-electron chi connectivity index (χ3n) is 4.10. The van der Waals surface area contributed by atoms with Crippen molar-refractivity contribution in [3.63, 3.8) is 0 Å². The lowest BCUT2D eigenvalue weighted by atomic mass is 10.2. The summed E-state index contributed by atoms with van der Waals surface area (Å²) in [5.74, 6) is 0.637. The van der Waals surface area contributed by atoms with Crippen LogP contribution in [0, 0.1) is 6.92 Å². The zero-order valence-corrected chi connectivity index (χ0v) is 15.4. The minimum Gasteiger partial charge on any atom is -0.370 e. The van der Waals surface area contributed by atoms with E-state index >= 15 is 0 Å². The van der Waals surface area contributed by atoms with Gasteiger partial charge in [0.1, 0.15) is 0 Å². The fraction of sp³-hybridized carbons (Fsp3) is 0.412. The van der Waals surface area contributed by atoms with Crippen molar-refractivity contribution in [1.29, 1.82) is 0 Å². The van der Waals surface area contributed by atoms with E-state index in [0.29, 0.717) is 12.5 Å². The highest BCUT2D eigenvalue weighted by Gasteiger charge is 2.18. The number of guanidine groups is 1. The third-order valence-corrected chi connectivity index (χ3v) is 5.18. The van der Waals surface area contributed by atoms with Gasteiger partial charge in [-0.05, 0) is 31.2 Å². The summed E-state index contributed by atoms with van der Waals surface area (Å²) in [5.41, 5.74) is 8.44. The van der Waals surface area contributed by atoms with Gasteiger partial charge in [0.15, 0.2) is 5.96 Å². The number of nitrogens with zero attached hydrogens (tertiary/aromatic N) is 4. The molecule has 7 heteroatoms. The minimum absolute atomic E-state index is 0.637. The van der Waals surface area contributed by atoms with Crippen LogP contribution in [-0.4, -0.2) is 48.6 Å². The largest absolute Gasteiger partial charge is 0.370 e. The fourth-order valence-electron chi connectivity index (χ4n) is 2.75. The van der Waals surface area contributed by atoms with Gasteiger partial charge in [0.2, 0.25) is 0 Å². The molecule has 0 bridgehead atoms. The van der Waals surface area contributed by atoms with E-state index in [-0.39, 0.29) is 0 Å². The van der Waals surface area contributed by atoms with Gasteiger partial charge in [-0.1, -0.05) is 11.6 Å². The Bertz CT molecular complexity index is 689. The molecule has 2 heterocycles. The average molecular weight is 364 g/mol. The number of aromatic nitrogens is 1. The van der Waals surface area contributed by atoms with Gasteiger partial charge in [-0.2, -0.15) is 0 Å². The maximum atomic E-state index is 6.14. The first-order valence-corrected chi connectivity index (χ1v) is 9.34. The number of hydrogen-bond donors (Lipinski definition) is 1. The average Bonchev–Trinajstić information content (AvgIpc) is 3.01. The summed E-state index contributed by atoms with van der Waals surface area (Å²) >= 11 is 7.62. The van der Waals surface area contributed by atoms with Crippen molar-refractivity contribution < 1.29 is 0 Å². The summed E-state index contributed by atoms with van der Waals surface area (Å²) in [5, 5.41) is 3.95. The van der Waals surface area contributed by atoms with E-state index in [2.05, 4.69) is 37.3 Å². The Morgan fingerprint density at radius 2 is 1.96 bits per heavy atom. The van der Waals surface area contributed by atoms with Crippen LogP contribution >= 0.6 is 22.9 Å². The van der Waals surface area contributed by atoms with Gasteiger partial charge in [-0.15, -0.1) is 11.3 Å². The zero-order chi connectivity index (χ0) is 16.9. The van der Waals surface area contributed by atoms with Crippen LogP contribution in [0.3, 0.4) is 0 Å². The molecule has 0 spiro atoms. The second-order valence-corrected chi connectivity index (χ2v) is 7.30. The third kappa shape index (κ3) is 4.39. The molecule has 0 aliphatic carbocycles. The van der Waals surface area contributed by atoms with E-state index in [1.165, 1.54) is 5.69 Å². The molecule has 1 saturated heterocycles. The Balaban J connectivity index is 1.48. The predicted molar refractivity (Wildman–Crippen MR) is 102 cm³/mol. The first kappa shape index (κ1) is 17.0. The molecule has 0 unspecified atom stereocenters. The highest BCUT2D eigenvalue weighted by Crippen LogP contribution is 2.19. The van der Waals surface area contributed by atoms with Crippen molar-refractivity contribution in [3.8, 4) is 0 Å². The number of hydrogen-bond acceptors (Lipinski definition) is 4. The number of nitrogens with two attached hydrogens (primary N) is 1. The predicted octanol–water partition coefficient (Wildman–Crippen LogP) is 2.78. The van der Waals surface area contributed by atoms with Crippen LogP contribution in [0.2, 0.25) is 5.02 Å². The fourth-order valence-corrected chi connectivity index (χ4v) is 3.53. The number of benzene rings is 1. The molecule has 1 aromatic carbocycles. The van der Waals surface area contributed by atoms with Gasteiger partial charge in [-0.3, -0.25) is 4.99 Å². The molecule has 1 aliphatic heterocycles. The summed E-state index contributed by atoms with van der Waals surface area (Å²) in [6.45, 7) is 6.34. The molecule has 5 nitrogen and oxygen atoms in total. The highest BCUT2D eigenvalue weighted by atomic mass is 35.5. The monoisotopic (exact) mass is 363 g/mol. The Kier molecular flexibility index (Phi) is 5.58. The van der Waals surface area contributed by atoms with E-state index in [0.717, 1.165) is 48.3 Å². The van der Waals surface area contributed by atoms with Gasteiger partial charge >= 0.3 is 0 Å². The minimum atomic E-state index is 0.637. The standard InChI is InChI=1S/C17H22ClN5S/c1-13-21-15(12-24-13)6-7-20-17(19)23-10-8-22(9-11-23)16-4-2-14(18)3-5-16/h2-5,12H,6-11H2,1H3,(H2,19,20). The van der Waals surface area contributed by atoms with E-state index < -0.39 is 0 Å². The summed E-state index contributed by atoms with van der Waals surface area (Å²) in [7, 11) is 0. The Hall–Kier alpha value is -1.79. The molecule has 0 saturated carbocycles. The van der Waals surface area contributed by atoms with Crippen LogP contribution in [0.15, 0.2) is 34.6 Å². The molecule has 2 aromatic rings. The van der Waals surface area contributed by atoms with E-state index in [9.17, 15) is 0 Å². The lowest BCUT2D eigenvalue weighted by molar-refractivity contribution is 0.381. The summed E-state index contributed by atoms with van der Waals surface area (Å²) < 4.78 is 0. The van der Waals surface area contributed by atoms with E-state index in [1.54, 1.807) is 11.3 Å². The van der Waals surface area contributed by atoms with Crippen LogP contribution in [0.1, 0.15) is 10.7 Å². The molecular formula is C17H22ClN5S. The lowest BCUT2D eigenvalue weighted by Gasteiger charge is -2.36. The highest BCUT2D eigenvalue weighted by molar-refractivity contribution is 7.09. The van der Waals surface area contributed by atoms with Crippen molar-refractivity contribution >= 4 is 34.6 Å². The van der Waals surface area contributed by atoms with Crippen molar-refractivity contribution in [2.75, 3.05) is 37.6 Å². The van der Waals surface area contributed by atoms with Gasteiger partial charge < -0.3 is 15.5 Å². The van der Waals surface area contributed by atoms with Crippen molar-refractivity contribution in [2.45, 2.75) is 13.3 Å². The molecule has 3 rings (SSSR count). The molecule has 24 heavy (non-hydrogen) atoms. The van der Waals surface area contributed by atoms with E-state index in [4.69, 9.17) is 17.3 Å². The van der Waals surface area contributed by atoms with E-state index in [1.807, 2.05) is 19.1 Å². The van der Waals surface area contributed by atoms with Gasteiger partial charge in [0.25, 0.3) is 0 Å². The van der Waals surface area contributed by atoms with Gasteiger partial charge in [0.05, 0.1) is 10.7 Å². The number of thiazole rings is 1. The molecule has 1 aromatic heterocycles. The topological polar surface area (TPSA) is 57.8 Å². The summed E-state index contributed by atoms with van der Waals surface area (Å²) in [6, 6.07) is 7.98. The summed E-state index contributed by atoms with van der Waals surface area (Å²) in [6.07, 6.45) is 0.843. The van der Waals surface area contributed by atoms with Gasteiger partial charge in [0, 0.05) is 55.2 Å². The number of aliphatic imine (C=N–C) groups is 1. The van der Waals surface area contributed by atoms with Crippen LogP contribution < -0.4 is 10.6 Å². The normalized spacial score (nSPS) is 15.8. The molecule has 0 radical (unpaired) electrons. The zero-order valence-electron chi connectivity index (χ0n) is 13.8. The first-order chi connectivity index (χ1) is 11.6. The van der Waals surface area contributed by atoms with Crippen molar-refractivity contribution in [1.82, 2.24) is 9.88 Å². The second-order valence-electron chi connectivity index (χ2n) is 5.80. The molecule has 128 valence electrons. The smallest absolute Gasteiger partial charge is 0.191 e. The van der Waals surface area contributed by atoms with Crippen LogP contribution in [0.5, 0.6) is 0 Å². The Morgan fingerprint density at radius 1 is 1.25 bits per heavy atom. The molecule has 2 N–H and O–H groups in total. The lowest BCUT2D eigenvalue weighted by Crippen LogP contribution is -2.51. The van der Waals surface area contributed by atoms with Crippen molar-refractivity contribution in [2.24, 2.45) is 10.7 Å². The molecule has 1 fully saturated rings.